The maximum absolute atomic E-state index is 9.94. The van der Waals surface area contributed by atoms with Gasteiger partial charge in [0.25, 0.3) is 0 Å². The second kappa shape index (κ2) is 4.81. The first-order valence-corrected chi connectivity index (χ1v) is 5.13. The highest BCUT2D eigenvalue weighted by Crippen LogP contribution is 2.21. The number of aliphatic hydroxyl groups is 1. The molecule has 5 nitrogen and oxygen atoms in total. The Balaban J connectivity index is 4.70. The average molecular weight is 217 g/mol. The highest BCUT2D eigenvalue weighted by molar-refractivity contribution is 5.85. The molecule has 0 aliphatic heterocycles. The Hall–Kier alpha value is -0.810. The Morgan fingerprint density at radius 2 is 1.87 bits per heavy atom. The molecule has 0 saturated carbocycles. The van der Waals surface area contributed by atoms with Crippen LogP contribution in [0, 0.1) is 0 Å². The van der Waals surface area contributed by atoms with E-state index in [1.54, 1.807) is 13.8 Å². The van der Waals surface area contributed by atoms with Gasteiger partial charge in [-0.25, -0.2) is 0 Å². The molecule has 1 atom stereocenters. The Morgan fingerprint density at radius 1 is 1.40 bits per heavy atom. The third kappa shape index (κ3) is 3.68. The fourth-order valence-corrected chi connectivity index (χ4v) is 1.07. The zero-order chi connectivity index (χ0) is 12.3. The summed E-state index contributed by atoms with van der Waals surface area (Å²) in [4.78, 5) is 0. The first-order chi connectivity index (χ1) is 6.65. The molecular weight excluding hydrogens is 194 g/mol. The van der Waals surface area contributed by atoms with Crippen LogP contribution in [-0.4, -0.2) is 33.3 Å². The zero-order valence-corrected chi connectivity index (χ0v) is 10.2. The van der Waals surface area contributed by atoms with Crippen LogP contribution in [0.4, 0.5) is 0 Å². The standard InChI is InChI=1S/C10H23N3O2/c1-6-7(8(11)13-15)12-9(2,3)10(4,5)14/h7,12,14-15H,6H2,1-5H3,(H2,11,13). The molecular formula is C10H23N3O2. The largest absolute Gasteiger partial charge is 0.409 e. The highest BCUT2D eigenvalue weighted by Gasteiger charge is 2.36. The molecule has 0 radical (unpaired) electrons. The molecule has 0 amide bonds. The van der Waals surface area contributed by atoms with Gasteiger partial charge in [-0.1, -0.05) is 12.1 Å². The van der Waals surface area contributed by atoms with Crippen molar-refractivity contribution >= 4 is 5.84 Å². The SMILES string of the molecule is CCC(NC(C)(C)C(C)(C)O)C(N)=NO. The van der Waals surface area contributed by atoms with E-state index < -0.39 is 11.1 Å². The molecule has 0 rings (SSSR count). The van der Waals surface area contributed by atoms with Crippen LogP contribution in [0.1, 0.15) is 41.0 Å². The van der Waals surface area contributed by atoms with Crippen molar-refractivity contribution in [2.24, 2.45) is 10.9 Å². The summed E-state index contributed by atoms with van der Waals surface area (Å²) >= 11 is 0. The maximum Gasteiger partial charge on any atom is 0.156 e. The van der Waals surface area contributed by atoms with E-state index in [0.29, 0.717) is 6.42 Å². The lowest BCUT2D eigenvalue weighted by Gasteiger charge is -2.40. The van der Waals surface area contributed by atoms with E-state index in [1.807, 2.05) is 20.8 Å². The van der Waals surface area contributed by atoms with E-state index in [0.717, 1.165) is 0 Å². The summed E-state index contributed by atoms with van der Waals surface area (Å²) in [5, 5.41) is 24.7. The van der Waals surface area contributed by atoms with Gasteiger partial charge in [0.2, 0.25) is 0 Å². The van der Waals surface area contributed by atoms with Crippen LogP contribution in [0.3, 0.4) is 0 Å². The van der Waals surface area contributed by atoms with Crippen molar-refractivity contribution in [2.45, 2.75) is 58.2 Å². The van der Waals surface area contributed by atoms with E-state index in [4.69, 9.17) is 10.9 Å². The monoisotopic (exact) mass is 217 g/mol. The summed E-state index contributed by atoms with van der Waals surface area (Å²) in [5.41, 5.74) is 4.12. The number of nitrogens with zero attached hydrogens (tertiary/aromatic N) is 1. The highest BCUT2D eigenvalue weighted by atomic mass is 16.4. The Kier molecular flexibility index (Phi) is 4.55. The molecule has 0 spiro atoms. The molecule has 0 aliphatic rings. The Labute approximate surface area is 91.4 Å². The molecule has 0 saturated heterocycles. The number of rotatable bonds is 5. The molecule has 0 heterocycles. The lowest BCUT2D eigenvalue weighted by Crippen LogP contribution is -2.61. The molecule has 0 bridgehead atoms. The van der Waals surface area contributed by atoms with E-state index in [1.165, 1.54) is 0 Å². The quantitative estimate of drug-likeness (QED) is 0.235. The van der Waals surface area contributed by atoms with E-state index >= 15 is 0 Å². The summed E-state index contributed by atoms with van der Waals surface area (Å²) < 4.78 is 0. The van der Waals surface area contributed by atoms with Gasteiger partial charge in [-0.3, -0.25) is 5.32 Å². The predicted octanol–water partition coefficient (Wildman–Crippen LogP) is 0.650. The molecule has 5 heteroatoms. The van der Waals surface area contributed by atoms with Crippen molar-refractivity contribution in [2.75, 3.05) is 0 Å². The minimum absolute atomic E-state index is 0.134. The van der Waals surface area contributed by atoms with Gasteiger partial charge in [-0.2, -0.15) is 0 Å². The van der Waals surface area contributed by atoms with Crippen LogP contribution in [0.15, 0.2) is 5.16 Å². The van der Waals surface area contributed by atoms with E-state index in [2.05, 4.69) is 10.5 Å². The van der Waals surface area contributed by atoms with Crippen LogP contribution >= 0.6 is 0 Å². The summed E-state index contributed by atoms with van der Waals surface area (Å²) in [6, 6.07) is -0.239. The van der Waals surface area contributed by atoms with Gasteiger partial charge in [0, 0.05) is 5.54 Å². The second-order valence-electron chi connectivity index (χ2n) is 4.81. The van der Waals surface area contributed by atoms with Gasteiger partial charge < -0.3 is 16.0 Å². The normalized spacial score (nSPS) is 16.5. The predicted molar refractivity (Wildman–Crippen MR) is 61.0 cm³/mol. The number of oxime groups is 1. The lowest BCUT2D eigenvalue weighted by atomic mass is 9.85. The second-order valence-corrected chi connectivity index (χ2v) is 4.81. The summed E-state index contributed by atoms with van der Waals surface area (Å²) in [6.07, 6.45) is 0.690. The van der Waals surface area contributed by atoms with Crippen molar-refractivity contribution < 1.29 is 10.3 Å². The van der Waals surface area contributed by atoms with Gasteiger partial charge in [0.15, 0.2) is 5.84 Å². The van der Waals surface area contributed by atoms with E-state index in [9.17, 15) is 5.11 Å². The lowest BCUT2D eigenvalue weighted by molar-refractivity contribution is -0.00701. The zero-order valence-electron chi connectivity index (χ0n) is 10.2. The number of amidine groups is 1. The number of hydrogen-bond acceptors (Lipinski definition) is 4. The van der Waals surface area contributed by atoms with E-state index in [-0.39, 0.29) is 11.9 Å². The van der Waals surface area contributed by atoms with Crippen molar-refractivity contribution in [3.05, 3.63) is 0 Å². The van der Waals surface area contributed by atoms with Gasteiger partial charge >= 0.3 is 0 Å². The van der Waals surface area contributed by atoms with Gasteiger partial charge in [0.05, 0.1) is 11.6 Å². The Morgan fingerprint density at radius 3 is 2.13 bits per heavy atom. The van der Waals surface area contributed by atoms with Crippen molar-refractivity contribution in [1.82, 2.24) is 5.32 Å². The topological polar surface area (TPSA) is 90.9 Å². The van der Waals surface area contributed by atoms with Gasteiger partial charge in [-0.15, -0.1) is 0 Å². The maximum atomic E-state index is 9.94. The minimum atomic E-state index is -0.893. The van der Waals surface area contributed by atoms with Gasteiger partial charge in [-0.05, 0) is 34.1 Å². The Bertz CT molecular complexity index is 231. The van der Waals surface area contributed by atoms with Crippen LogP contribution in [0.5, 0.6) is 0 Å². The van der Waals surface area contributed by atoms with Crippen LogP contribution in [-0.2, 0) is 0 Å². The summed E-state index contributed by atoms with van der Waals surface area (Å²) in [7, 11) is 0. The number of nitrogens with one attached hydrogen (secondary N) is 1. The van der Waals surface area contributed by atoms with Crippen LogP contribution in [0.2, 0.25) is 0 Å². The molecule has 0 aromatic heterocycles. The third-order valence-electron chi connectivity index (χ3n) is 2.95. The average Bonchev–Trinajstić information content (AvgIpc) is 2.11. The first-order valence-electron chi connectivity index (χ1n) is 5.13. The summed E-state index contributed by atoms with van der Waals surface area (Å²) in [6.45, 7) is 9.12. The molecule has 15 heavy (non-hydrogen) atoms. The number of hydrogen-bond donors (Lipinski definition) is 4. The van der Waals surface area contributed by atoms with Crippen molar-refractivity contribution in [1.29, 1.82) is 0 Å². The third-order valence-corrected chi connectivity index (χ3v) is 2.95. The fourth-order valence-electron chi connectivity index (χ4n) is 1.07. The van der Waals surface area contributed by atoms with Crippen LogP contribution in [0.25, 0.3) is 0 Å². The first kappa shape index (κ1) is 14.2. The van der Waals surface area contributed by atoms with Gasteiger partial charge in [0.1, 0.15) is 0 Å². The van der Waals surface area contributed by atoms with Crippen LogP contribution < -0.4 is 11.1 Å². The number of nitrogens with two attached hydrogens (primary N) is 1. The molecule has 0 aliphatic carbocycles. The molecule has 5 N–H and O–H groups in total. The summed E-state index contributed by atoms with van der Waals surface area (Å²) in [5.74, 6) is 0.134. The molecule has 0 aromatic rings. The fraction of sp³-hybridized carbons (Fsp3) is 0.900. The molecule has 0 aromatic carbocycles. The minimum Gasteiger partial charge on any atom is -0.409 e. The molecule has 90 valence electrons. The van der Waals surface area contributed by atoms with Crippen molar-refractivity contribution in [3.8, 4) is 0 Å². The molecule has 1 unspecified atom stereocenters. The van der Waals surface area contributed by atoms with Crippen molar-refractivity contribution in [3.63, 3.8) is 0 Å². The molecule has 0 fully saturated rings. The smallest absolute Gasteiger partial charge is 0.156 e.